The van der Waals surface area contributed by atoms with Crippen LogP contribution in [0.3, 0.4) is 0 Å². The van der Waals surface area contributed by atoms with E-state index >= 15 is 0 Å². The highest BCUT2D eigenvalue weighted by Gasteiger charge is 2.12. The zero-order chi connectivity index (χ0) is 13.7. The van der Waals surface area contributed by atoms with Gasteiger partial charge in [0.05, 0.1) is 17.9 Å². The van der Waals surface area contributed by atoms with Gasteiger partial charge in [0, 0.05) is 4.47 Å². The molecule has 1 aromatic heterocycles. The van der Waals surface area contributed by atoms with Gasteiger partial charge in [0.15, 0.2) is 0 Å². The number of pyridine rings is 1. The van der Waals surface area contributed by atoms with Crippen LogP contribution in [-0.2, 0) is 6.42 Å². The Labute approximate surface area is 121 Å². The van der Waals surface area contributed by atoms with E-state index in [2.05, 4.69) is 45.3 Å². The van der Waals surface area contributed by atoms with Crippen LogP contribution in [0.15, 0.2) is 47.1 Å². The first kappa shape index (κ1) is 14.2. The molecule has 0 bridgehead atoms. The summed E-state index contributed by atoms with van der Waals surface area (Å²) in [7, 11) is 0. The van der Waals surface area contributed by atoms with Gasteiger partial charge in [0.25, 0.3) is 0 Å². The van der Waals surface area contributed by atoms with Crippen molar-refractivity contribution < 1.29 is 4.39 Å². The molecule has 2 nitrogen and oxygen atoms in total. The van der Waals surface area contributed by atoms with Crippen LogP contribution in [0.2, 0.25) is 0 Å². The molecule has 1 N–H and O–H groups in total. The summed E-state index contributed by atoms with van der Waals surface area (Å²) in [5, 5.41) is 3.39. The molecule has 0 fully saturated rings. The minimum atomic E-state index is -0.304. The predicted octanol–water partition coefficient (Wildman–Crippen LogP) is 3.88. The number of aromatic nitrogens is 1. The van der Waals surface area contributed by atoms with Gasteiger partial charge in [0.1, 0.15) is 5.82 Å². The number of rotatable bonds is 5. The average molecular weight is 323 g/mol. The number of hydrogen-bond donors (Lipinski definition) is 1. The fourth-order valence-corrected chi connectivity index (χ4v) is 2.47. The minimum absolute atomic E-state index is 0.0971. The van der Waals surface area contributed by atoms with Gasteiger partial charge in [-0.25, -0.2) is 4.39 Å². The molecule has 0 amide bonds. The summed E-state index contributed by atoms with van der Waals surface area (Å²) < 4.78 is 14.0. The molecule has 2 rings (SSSR count). The zero-order valence-corrected chi connectivity index (χ0v) is 12.3. The monoisotopic (exact) mass is 322 g/mol. The third-order valence-corrected chi connectivity index (χ3v) is 3.38. The number of hydrogen-bond acceptors (Lipinski definition) is 2. The van der Waals surface area contributed by atoms with E-state index in [0.717, 1.165) is 23.1 Å². The molecule has 1 heterocycles. The molecular formula is C15H16BrFN2. The molecule has 0 saturated heterocycles. The van der Waals surface area contributed by atoms with Crippen LogP contribution in [0.1, 0.15) is 24.2 Å². The van der Waals surface area contributed by atoms with Crippen molar-refractivity contribution in [3.8, 4) is 0 Å². The number of halogens is 2. The van der Waals surface area contributed by atoms with E-state index in [1.165, 1.54) is 17.8 Å². The van der Waals surface area contributed by atoms with Crippen LogP contribution in [0, 0.1) is 5.82 Å². The van der Waals surface area contributed by atoms with Gasteiger partial charge in [-0.15, -0.1) is 0 Å². The molecule has 1 unspecified atom stereocenters. The Morgan fingerprint density at radius 2 is 2.16 bits per heavy atom. The first-order chi connectivity index (χ1) is 9.19. The number of nitrogens with one attached hydrogen (secondary N) is 1. The third kappa shape index (κ3) is 4.11. The van der Waals surface area contributed by atoms with Crippen molar-refractivity contribution in [3.05, 3.63) is 64.1 Å². The lowest BCUT2D eigenvalue weighted by molar-refractivity contribution is 0.531. The Morgan fingerprint density at radius 1 is 1.32 bits per heavy atom. The smallest absolute Gasteiger partial charge is 0.141 e. The topological polar surface area (TPSA) is 24.9 Å². The van der Waals surface area contributed by atoms with Crippen molar-refractivity contribution in [3.63, 3.8) is 0 Å². The third-order valence-electron chi connectivity index (χ3n) is 2.89. The van der Waals surface area contributed by atoms with Crippen LogP contribution >= 0.6 is 15.9 Å². The number of likely N-dealkylation sites (N-methyl/N-ethyl adjacent to an activating group) is 1. The van der Waals surface area contributed by atoms with E-state index in [-0.39, 0.29) is 11.9 Å². The van der Waals surface area contributed by atoms with E-state index in [1.54, 1.807) is 6.07 Å². The molecule has 0 aliphatic heterocycles. The van der Waals surface area contributed by atoms with Gasteiger partial charge >= 0.3 is 0 Å². The Balaban J connectivity index is 2.18. The Hall–Kier alpha value is -1.26. The SMILES string of the molecule is CCNC(Cc1cccc(Br)c1)c1ccc(F)cn1. The molecule has 19 heavy (non-hydrogen) atoms. The summed E-state index contributed by atoms with van der Waals surface area (Å²) in [4.78, 5) is 4.17. The van der Waals surface area contributed by atoms with Gasteiger partial charge in [0.2, 0.25) is 0 Å². The van der Waals surface area contributed by atoms with Crippen molar-refractivity contribution in [2.24, 2.45) is 0 Å². The second-order valence-corrected chi connectivity index (χ2v) is 5.26. The second-order valence-electron chi connectivity index (χ2n) is 4.35. The summed E-state index contributed by atoms with van der Waals surface area (Å²) in [5.41, 5.74) is 2.08. The number of nitrogens with zero attached hydrogens (tertiary/aromatic N) is 1. The summed E-state index contributed by atoms with van der Waals surface area (Å²) >= 11 is 3.47. The fraction of sp³-hybridized carbons (Fsp3) is 0.267. The van der Waals surface area contributed by atoms with E-state index in [0.29, 0.717) is 0 Å². The number of benzene rings is 1. The average Bonchev–Trinajstić information content (AvgIpc) is 2.39. The first-order valence-electron chi connectivity index (χ1n) is 6.28. The quantitative estimate of drug-likeness (QED) is 0.903. The summed E-state index contributed by atoms with van der Waals surface area (Å²) in [6.45, 7) is 2.90. The largest absolute Gasteiger partial charge is 0.309 e. The first-order valence-corrected chi connectivity index (χ1v) is 7.07. The van der Waals surface area contributed by atoms with Gasteiger partial charge < -0.3 is 5.32 Å². The summed E-state index contributed by atoms with van der Waals surface area (Å²) in [5.74, 6) is -0.304. The predicted molar refractivity (Wildman–Crippen MR) is 78.5 cm³/mol. The molecular weight excluding hydrogens is 307 g/mol. The molecule has 0 aliphatic carbocycles. The lowest BCUT2D eigenvalue weighted by atomic mass is 10.0. The molecule has 0 saturated carbocycles. The standard InChI is InChI=1S/C15H16BrFN2/c1-2-18-15(14-7-6-13(17)10-19-14)9-11-4-3-5-12(16)8-11/h3-8,10,15,18H,2,9H2,1H3. The molecule has 2 aromatic rings. The van der Waals surface area contributed by atoms with E-state index in [4.69, 9.17) is 0 Å². The molecule has 1 atom stereocenters. The molecule has 1 aromatic carbocycles. The van der Waals surface area contributed by atoms with E-state index in [1.807, 2.05) is 12.1 Å². The second kappa shape index (κ2) is 6.78. The van der Waals surface area contributed by atoms with E-state index < -0.39 is 0 Å². The highest BCUT2D eigenvalue weighted by molar-refractivity contribution is 9.10. The van der Waals surface area contributed by atoms with Crippen molar-refractivity contribution in [2.75, 3.05) is 6.54 Å². The Bertz CT molecular complexity index is 528. The molecule has 0 spiro atoms. The minimum Gasteiger partial charge on any atom is -0.309 e. The van der Waals surface area contributed by atoms with Gasteiger partial charge in [-0.3, -0.25) is 4.98 Å². The maximum absolute atomic E-state index is 12.9. The van der Waals surface area contributed by atoms with E-state index in [9.17, 15) is 4.39 Å². The van der Waals surface area contributed by atoms with Crippen molar-refractivity contribution >= 4 is 15.9 Å². The highest BCUT2D eigenvalue weighted by Crippen LogP contribution is 2.19. The van der Waals surface area contributed by atoms with Gasteiger partial charge in [-0.05, 0) is 42.8 Å². The summed E-state index contributed by atoms with van der Waals surface area (Å²) in [6.07, 6.45) is 2.09. The lowest BCUT2D eigenvalue weighted by Crippen LogP contribution is -2.23. The highest BCUT2D eigenvalue weighted by atomic mass is 79.9. The van der Waals surface area contributed by atoms with Crippen molar-refractivity contribution in [2.45, 2.75) is 19.4 Å². The van der Waals surface area contributed by atoms with Crippen molar-refractivity contribution in [1.82, 2.24) is 10.3 Å². The van der Waals surface area contributed by atoms with Crippen LogP contribution in [0.5, 0.6) is 0 Å². The Morgan fingerprint density at radius 3 is 2.79 bits per heavy atom. The van der Waals surface area contributed by atoms with Gasteiger partial charge in [-0.1, -0.05) is 35.0 Å². The molecule has 4 heteroatoms. The fourth-order valence-electron chi connectivity index (χ4n) is 2.02. The summed E-state index contributed by atoms with van der Waals surface area (Å²) in [6, 6.07) is 11.5. The Kier molecular flexibility index (Phi) is 5.05. The van der Waals surface area contributed by atoms with Gasteiger partial charge in [-0.2, -0.15) is 0 Å². The molecule has 0 aliphatic rings. The van der Waals surface area contributed by atoms with Crippen LogP contribution < -0.4 is 5.32 Å². The molecule has 100 valence electrons. The maximum atomic E-state index is 12.9. The van der Waals surface area contributed by atoms with Crippen molar-refractivity contribution in [1.29, 1.82) is 0 Å². The lowest BCUT2D eigenvalue weighted by Gasteiger charge is -2.17. The van der Waals surface area contributed by atoms with Crippen LogP contribution in [-0.4, -0.2) is 11.5 Å². The van der Waals surface area contributed by atoms with Crippen LogP contribution in [0.25, 0.3) is 0 Å². The zero-order valence-electron chi connectivity index (χ0n) is 10.7. The van der Waals surface area contributed by atoms with Crippen LogP contribution in [0.4, 0.5) is 4.39 Å². The molecule has 0 radical (unpaired) electrons. The maximum Gasteiger partial charge on any atom is 0.141 e. The normalized spacial score (nSPS) is 12.4.